The molecule has 0 fully saturated rings. The molecule has 4 nitrogen and oxygen atoms in total. The summed E-state index contributed by atoms with van der Waals surface area (Å²) >= 11 is 3.51. The first-order valence-electron chi connectivity index (χ1n) is 6.05. The van der Waals surface area contributed by atoms with Crippen molar-refractivity contribution >= 4 is 31.5 Å². The van der Waals surface area contributed by atoms with Crippen LogP contribution in [-0.4, -0.2) is 19.7 Å². The highest BCUT2D eigenvalue weighted by molar-refractivity contribution is 9.10. The number of aromatic nitrogens is 1. The minimum atomic E-state index is -3.25. The summed E-state index contributed by atoms with van der Waals surface area (Å²) in [6.45, 7) is 2.03. The fraction of sp³-hybridized carbons (Fsp3) is 0.214. The number of halogens is 1. The maximum atomic E-state index is 11.3. The van der Waals surface area contributed by atoms with Crippen LogP contribution in [0.3, 0.4) is 0 Å². The Hall–Kier alpha value is -1.40. The SMILES string of the molecule is CC(Nc1ccc(S(C)(=O)=O)nc1)c1ccccc1Br. The van der Waals surface area contributed by atoms with Gasteiger partial charge in [0.15, 0.2) is 14.9 Å². The second-order valence-corrected chi connectivity index (χ2v) is 7.36. The summed E-state index contributed by atoms with van der Waals surface area (Å²) in [6.07, 6.45) is 2.68. The van der Waals surface area contributed by atoms with Crippen LogP contribution < -0.4 is 5.32 Å². The van der Waals surface area contributed by atoms with Crippen molar-refractivity contribution in [3.8, 4) is 0 Å². The zero-order valence-corrected chi connectivity index (χ0v) is 13.6. The first-order valence-corrected chi connectivity index (χ1v) is 8.73. The molecule has 106 valence electrons. The Morgan fingerprint density at radius 3 is 2.45 bits per heavy atom. The molecular weight excluding hydrogens is 340 g/mol. The number of anilines is 1. The van der Waals surface area contributed by atoms with Crippen molar-refractivity contribution in [2.24, 2.45) is 0 Å². The molecule has 0 aliphatic carbocycles. The molecule has 2 aromatic rings. The van der Waals surface area contributed by atoms with Crippen LogP contribution in [0.4, 0.5) is 5.69 Å². The van der Waals surface area contributed by atoms with Gasteiger partial charge in [0.1, 0.15) is 0 Å². The number of rotatable bonds is 4. The third-order valence-corrected chi connectivity index (χ3v) is 4.59. The van der Waals surface area contributed by atoms with Gasteiger partial charge < -0.3 is 5.32 Å². The van der Waals surface area contributed by atoms with Gasteiger partial charge in [-0.1, -0.05) is 34.1 Å². The Morgan fingerprint density at radius 2 is 1.90 bits per heavy atom. The maximum Gasteiger partial charge on any atom is 0.192 e. The summed E-state index contributed by atoms with van der Waals surface area (Å²) in [5, 5.41) is 3.37. The van der Waals surface area contributed by atoms with Crippen molar-refractivity contribution in [2.45, 2.75) is 18.0 Å². The van der Waals surface area contributed by atoms with Gasteiger partial charge in [0.25, 0.3) is 0 Å². The number of nitrogens with one attached hydrogen (secondary N) is 1. The van der Waals surface area contributed by atoms with Crippen LogP contribution in [-0.2, 0) is 9.84 Å². The highest BCUT2D eigenvalue weighted by Gasteiger charge is 2.11. The highest BCUT2D eigenvalue weighted by Crippen LogP contribution is 2.25. The Balaban J connectivity index is 2.17. The lowest BCUT2D eigenvalue weighted by molar-refractivity contribution is 0.598. The third kappa shape index (κ3) is 3.58. The van der Waals surface area contributed by atoms with Crippen molar-refractivity contribution < 1.29 is 8.42 Å². The van der Waals surface area contributed by atoms with Crippen molar-refractivity contribution in [3.05, 3.63) is 52.6 Å². The molecule has 0 radical (unpaired) electrons. The van der Waals surface area contributed by atoms with E-state index in [2.05, 4.69) is 26.2 Å². The molecule has 6 heteroatoms. The van der Waals surface area contributed by atoms with Crippen LogP contribution in [0.5, 0.6) is 0 Å². The molecular formula is C14H15BrN2O2S. The lowest BCUT2D eigenvalue weighted by atomic mass is 10.1. The molecule has 1 aromatic carbocycles. The molecule has 1 N–H and O–H groups in total. The normalized spacial score (nSPS) is 12.9. The molecule has 2 rings (SSSR count). The Morgan fingerprint density at radius 1 is 1.20 bits per heavy atom. The standard InChI is InChI=1S/C14H15BrN2O2S/c1-10(12-5-3-4-6-13(12)15)17-11-7-8-14(16-9-11)20(2,18)19/h3-10,17H,1-2H3. The molecule has 0 saturated carbocycles. The summed E-state index contributed by atoms with van der Waals surface area (Å²) in [7, 11) is -3.25. The van der Waals surface area contributed by atoms with Gasteiger partial charge >= 0.3 is 0 Å². The summed E-state index contributed by atoms with van der Waals surface area (Å²) in [5.41, 5.74) is 1.90. The largest absolute Gasteiger partial charge is 0.377 e. The van der Waals surface area contributed by atoms with Gasteiger partial charge in [0.05, 0.1) is 11.9 Å². The van der Waals surface area contributed by atoms with Crippen LogP contribution >= 0.6 is 15.9 Å². The average Bonchev–Trinajstić information content (AvgIpc) is 2.38. The van der Waals surface area contributed by atoms with Gasteiger partial charge in [-0.3, -0.25) is 0 Å². The second kappa shape index (κ2) is 5.93. The Bertz CT molecular complexity index is 699. The van der Waals surface area contributed by atoms with E-state index in [4.69, 9.17) is 0 Å². The maximum absolute atomic E-state index is 11.3. The lowest BCUT2D eigenvalue weighted by Crippen LogP contribution is -2.08. The van der Waals surface area contributed by atoms with E-state index < -0.39 is 9.84 Å². The molecule has 20 heavy (non-hydrogen) atoms. The molecule has 0 spiro atoms. The van der Waals surface area contributed by atoms with Crippen LogP contribution in [0.2, 0.25) is 0 Å². The molecule has 1 atom stereocenters. The van der Waals surface area contributed by atoms with Crippen LogP contribution in [0.1, 0.15) is 18.5 Å². The number of nitrogens with zero attached hydrogens (tertiary/aromatic N) is 1. The minimum absolute atomic E-state index is 0.0801. The van der Waals surface area contributed by atoms with Crippen molar-refractivity contribution in [1.29, 1.82) is 0 Å². The van der Waals surface area contributed by atoms with E-state index in [9.17, 15) is 8.42 Å². The van der Waals surface area contributed by atoms with Gasteiger partial charge in [0.2, 0.25) is 0 Å². The van der Waals surface area contributed by atoms with Crippen molar-refractivity contribution in [3.63, 3.8) is 0 Å². The number of hydrogen-bond acceptors (Lipinski definition) is 4. The van der Waals surface area contributed by atoms with E-state index in [0.29, 0.717) is 0 Å². The predicted molar refractivity (Wildman–Crippen MR) is 83.5 cm³/mol. The summed E-state index contributed by atoms with van der Waals surface area (Å²) in [5.74, 6) is 0. The monoisotopic (exact) mass is 354 g/mol. The van der Waals surface area contributed by atoms with Gasteiger partial charge in [-0.25, -0.2) is 13.4 Å². The molecule has 0 amide bonds. The smallest absolute Gasteiger partial charge is 0.192 e. The Kier molecular flexibility index (Phi) is 4.45. The molecule has 0 aliphatic heterocycles. The van der Waals surface area contributed by atoms with Crippen LogP contribution in [0.25, 0.3) is 0 Å². The van der Waals surface area contributed by atoms with E-state index in [1.807, 2.05) is 31.2 Å². The van der Waals surface area contributed by atoms with E-state index in [0.717, 1.165) is 22.0 Å². The first kappa shape index (κ1) is 15.0. The number of pyridine rings is 1. The number of hydrogen-bond donors (Lipinski definition) is 1. The molecule has 0 aliphatic rings. The van der Waals surface area contributed by atoms with E-state index >= 15 is 0 Å². The zero-order chi connectivity index (χ0) is 14.8. The second-order valence-electron chi connectivity index (χ2n) is 4.54. The molecule has 1 aromatic heterocycles. The predicted octanol–water partition coefficient (Wildman–Crippen LogP) is 3.42. The third-order valence-electron chi connectivity index (χ3n) is 2.87. The van der Waals surface area contributed by atoms with Gasteiger partial charge in [0, 0.05) is 16.8 Å². The summed E-state index contributed by atoms with van der Waals surface area (Å²) in [6, 6.07) is 11.3. The van der Waals surface area contributed by atoms with Gasteiger partial charge in [-0.05, 0) is 30.7 Å². The lowest BCUT2D eigenvalue weighted by Gasteiger charge is -2.17. The van der Waals surface area contributed by atoms with E-state index in [-0.39, 0.29) is 11.1 Å². The van der Waals surface area contributed by atoms with Crippen LogP contribution in [0, 0.1) is 0 Å². The molecule has 0 bridgehead atoms. The van der Waals surface area contributed by atoms with Crippen LogP contribution in [0.15, 0.2) is 52.1 Å². The number of benzene rings is 1. The Labute approximate surface area is 127 Å². The van der Waals surface area contributed by atoms with Crippen molar-refractivity contribution in [2.75, 3.05) is 11.6 Å². The van der Waals surface area contributed by atoms with E-state index in [1.54, 1.807) is 6.07 Å². The number of sulfone groups is 1. The highest BCUT2D eigenvalue weighted by atomic mass is 79.9. The quantitative estimate of drug-likeness (QED) is 0.913. The van der Waals surface area contributed by atoms with Crippen molar-refractivity contribution in [1.82, 2.24) is 4.98 Å². The van der Waals surface area contributed by atoms with Gasteiger partial charge in [-0.2, -0.15) is 0 Å². The minimum Gasteiger partial charge on any atom is -0.377 e. The molecule has 1 heterocycles. The fourth-order valence-corrected chi connectivity index (χ4v) is 3.03. The fourth-order valence-electron chi connectivity index (χ4n) is 1.84. The summed E-state index contributed by atoms with van der Waals surface area (Å²) < 4.78 is 23.7. The molecule has 0 saturated heterocycles. The zero-order valence-electron chi connectivity index (χ0n) is 11.2. The first-order chi connectivity index (χ1) is 9.38. The average molecular weight is 355 g/mol. The summed E-state index contributed by atoms with van der Waals surface area (Å²) in [4.78, 5) is 3.96. The van der Waals surface area contributed by atoms with Gasteiger partial charge in [-0.15, -0.1) is 0 Å². The van der Waals surface area contributed by atoms with E-state index in [1.165, 1.54) is 12.3 Å². The molecule has 1 unspecified atom stereocenters. The topological polar surface area (TPSA) is 59.1 Å².